The minimum absolute atomic E-state index is 0.0176. The van der Waals surface area contributed by atoms with Crippen molar-refractivity contribution in [3.8, 4) is 22.9 Å². The Kier molecular flexibility index (Phi) is 7.69. The number of piperazine rings is 1. The smallest absolute Gasteiger partial charge is 0.261 e. The Bertz CT molecular complexity index is 868. The maximum atomic E-state index is 12.4. The summed E-state index contributed by atoms with van der Waals surface area (Å²) in [5.41, 5.74) is 3.38. The maximum Gasteiger partial charge on any atom is 0.261 e. The number of ether oxygens (including phenoxy) is 1. The topological polar surface area (TPSA) is 77.4 Å². The average molecular weight is 407 g/mol. The highest BCUT2D eigenvalue weighted by atomic mass is 16.5. The molecule has 1 aliphatic rings. The zero-order valence-corrected chi connectivity index (χ0v) is 17.7. The highest BCUT2D eigenvalue weighted by Crippen LogP contribution is 2.27. The van der Waals surface area contributed by atoms with Crippen LogP contribution in [0.4, 0.5) is 5.69 Å². The van der Waals surface area contributed by atoms with Crippen LogP contribution in [0, 0.1) is 17.2 Å². The van der Waals surface area contributed by atoms with E-state index < -0.39 is 6.10 Å². The normalized spacial score (nSPS) is 14.8. The van der Waals surface area contributed by atoms with Gasteiger partial charge in [-0.1, -0.05) is 38.1 Å². The van der Waals surface area contributed by atoms with Crippen LogP contribution in [0.1, 0.15) is 20.3 Å². The van der Waals surface area contributed by atoms with Crippen molar-refractivity contribution in [2.45, 2.75) is 26.4 Å². The molecule has 2 aromatic rings. The summed E-state index contributed by atoms with van der Waals surface area (Å²) in [6.45, 7) is 8.15. The molecule has 0 radical (unpaired) electrons. The molecule has 0 aliphatic carbocycles. The van der Waals surface area contributed by atoms with Gasteiger partial charge in [-0.05, 0) is 47.7 Å². The summed E-state index contributed by atoms with van der Waals surface area (Å²) >= 11 is 0. The molecule has 3 rings (SSSR count). The molecule has 0 saturated carbocycles. The number of nitrogens with zero attached hydrogens (tertiary/aromatic N) is 2. The Hall–Kier alpha value is -3.04. The summed E-state index contributed by atoms with van der Waals surface area (Å²) in [6, 6.07) is 18.3. The molecule has 0 spiro atoms. The zero-order chi connectivity index (χ0) is 21.3. The van der Waals surface area contributed by atoms with E-state index in [1.807, 2.05) is 44.2 Å². The Morgan fingerprint density at radius 3 is 2.57 bits per heavy atom. The molecule has 1 aliphatic heterocycles. The van der Waals surface area contributed by atoms with Gasteiger partial charge in [-0.3, -0.25) is 4.79 Å². The molecule has 1 fully saturated rings. The first kappa shape index (κ1) is 21.7. The molecule has 0 aromatic heterocycles. The first-order valence-electron chi connectivity index (χ1n) is 10.5. The largest absolute Gasteiger partial charge is 0.481 e. The van der Waals surface area contributed by atoms with Crippen LogP contribution in [0.15, 0.2) is 48.5 Å². The van der Waals surface area contributed by atoms with Crippen LogP contribution in [0.5, 0.6) is 5.75 Å². The second-order valence-electron chi connectivity index (χ2n) is 7.92. The molecule has 6 nitrogen and oxygen atoms in total. The number of rotatable bonds is 8. The molecule has 158 valence electrons. The number of amides is 1. The van der Waals surface area contributed by atoms with E-state index in [1.165, 1.54) is 5.69 Å². The first-order chi connectivity index (χ1) is 14.6. The molecule has 1 heterocycles. The summed E-state index contributed by atoms with van der Waals surface area (Å²) in [5.74, 6) is 0.691. The predicted molar refractivity (Wildman–Crippen MR) is 119 cm³/mol. The summed E-state index contributed by atoms with van der Waals surface area (Å²) in [4.78, 5) is 14.8. The minimum atomic E-state index is -0.622. The lowest BCUT2D eigenvalue weighted by atomic mass is 10.0. The Morgan fingerprint density at radius 2 is 1.90 bits per heavy atom. The second-order valence-corrected chi connectivity index (χ2v) is 7.92. The molecular weight excluding hydrogens is 376 g/mol. The first-order valence-corrected chi connectivity index (χ1v) is 10.5. The van der Waals surface area contributed by atoms with Gasteiger partial charge in [-0.25, -0.2) is 0 Å². The van der Waals surface area contributed by atoms with Crippen molar-refractivity contribution in [1.82, 2.24) is 10.6 Å². The highest BCUT2D eigenvalue weighted by molar-refractivity contribution is 5.81. The van der Waals surface area contributed by atoms with Gasteiger partial charge in [-0.15, -0.1) is 0 Å². The molecule has 1 unspecified atom stereocenters. The van der Waals surface area contributed by atoms with Gasteiger partial charge < -0.3 is 20.3 Å². The number of benzene rings is 2. The quantitative estimate of drug-likeness (QED) is 0.659. The molecule has 30 heavy (non-hydrogen) atoms. The number of nitriles is 1. The number of carbonyl (C=O) groups is 1. The van der Waals surface area contributed by atoms with E-state index in [0.29, 0.717) is 18.1 Å². The Morgan fingerprint density at radius 1 is 1.17 bits per heavy atom. The van der Waals surface area contributed by atoms with E-state index in [1.54, 1.807) is 0 Å². The van der Waals surface area contributed by atoms with Gasteiger partial charge in [0.2, 0.25) is 0 Å². The van der Waals surface area contributed by atoms with Gasteiger partial charge in [0.1, 0.15) is 12.3 Å². The molecule has 0 bridgehead atoms. The summed E-state index contributed by atoms with van der Waals surface area (Å²) < 4.78 is 6.03. The van der Waals surface area contributed by atoms with Gasteiger partial charge in [0.15, 0.2) is 6.10 Å². The van der Waals surface area contributed by atoms with Crippen LogP contribution >= 0.6 is 0 Å². The van der Waals surface area contributed by atoms with Crippen molar-refractivity contribution in [3.05, 3.63) is 48.5 Å². The van der Waals surface area contributed by atoms with Crippen LogP contribution in [0.2, 0.25) is 0 Å². The Balaban J connectivity index is 1.72. The number of hydrogen-bond donors (Lipinski definition) is 2. The second kappa shape index (κ2) is 10.7. The molecule has 2 aromatic carbocycles. The molecule has 1 atom stereocenters. The third kappa shape index (κ3) is 5.98. The van der Waals surface area contributed by atoms with E-state index >= 15 is 0 Å². The standard InChI is InChI=1S/C24H30N4O2/c1-18(2)16-23(24(29)27-11-10-25)30-22-5-3-4-20(17-22)19-6-8-21(9-7-19)28-14-12-26-13-15-28/h3-9,17-18,23,26H,11-16H2,1-2H3,(H,27,29). The van der Waals surface area contributed by atoms with E-state index in [-0.39, 0.29) is 12.5 Å². The average Bonchev–Trinajstić information content (AvgIpc) is 2.77. The molecule has 2 N–H and O–H groups in total. The van der Waals surface area contributed by atoms with E-state index in [4.69, 9.17) is 10.00 Å². The number of anilines is 1. The predicted octanol–water partition coefficient (Wildman–Crippen LogP) is 3.20. The van der Waals surface area contributed by atoms with Crippen molar-refractivity contribution in [2.24, 2.45) is 5.92 Å². The van der Waals surface area contributed by atoms with Gasteiger partial charge in [0.25, 0.3) is 5.91 Å². The monoisotopic (exact) mass is 406 g/mol. The van der Waals surface area contributed by atoms with E-state index in [9.17, 15) is 4.79 Å². The lowest BCUT2D eigenvalue weighted by molar-refractivity contribution is -0.128. The van der Waals surface area contributed by atoms with Gasteiger partial charge in [0.05, 0.1) is 6.07 Å². The van der Waals surface area contributed by atoms with E-state index in [0.717, 1.165) is 37.3 Å². The number of carbonyl (C=O) groups excluding carboxylic acids is 1. The lowest BCUT2D eigenvalue weighted by Crippen LogP contribution is -2.43. The molecule has 1 amide bonds. The minimum Gasteiger partial charge on any atom is -0.481 e. The van der Waals surface area contributed by atoms with Crippen LogP contribution < -0.4 is 20.3 Å². The Labute approximate surface area is 178 Å². The number of hydrogen-bond acceptors (Lipinski definition) is 5. The molecule has 1 saturated heterocycles. The van der Waals surface area contributed by atoms with Crippen molar-refractivity contribution in [1.29, 1.82) is 5.26 Å². The fraction of sp³-hybridized carbons (Fsp3) is 0.417. The summed E-state index contributed by atoms with van der Waals surface area (Å²) in [7, 11) is 0. The van der Waals surface area contributed by atoms with Crippen molar-refractivity contribution in [2.75, 3.05) is 37.6 Å². The highest BCUT2D eigenvalue weighted by Gasteiger charge is 2.21. The third-order valence-corrected chi connectivity index (χ3v) is 5.11. The van der Waals surface area contributed by atoms with Crippen LogP contribution in [0.25, 0.3) is 11.1 Å². The van der Waals surface area contributed by atoms with Crippen LogP contribution in [0.3, 0.4) is 0 Å². The summed E-state index contributed by atoms with van der Waals surface area (Å²) in [5, 5.41) is 14.7. The number of nitrogens with one attached hydrogen (secondary N) is 2. The van der Waals surface area contributed by atoms with Gasteiger partial charge in [-0.2, -0.15) is 5.26 Å². The third-order valence-electron chi connectivity index (χ3n) is 5.11. The SMILES string of the molecule is CC(C)CC(Oc1cccc(-c2ccc(N3CCNCC3)cc2)c1)C(=O)NCC#N. The van der Waals surface area contributed by atoms with Crippen molar-refractivity contribution < 1.29 is 9.53 Å². The maximum absolute atomic E-state index is 12.4. The molecular formula is C24H30N4O2. The zero-order valence-electron chi connectivity index (χ0n) is 17.7. The van der Waals surface area contributed by atoms with Gasteiger partial charge >= 0.3 is 0 Å². The molecule has 6 heteroatoms. The van der Waals surface area contributed by atoms with Crippen molar-refractivity contribution >= 4 is 11.6 Å². The fourth-order valence-electron chi connectivity index (χ4n) is 3.58. The van der Waals surface area contributed by atoms with Crippen LogP contribution in [-0.2, 0) is 4.79 Å². The van der Waals surface area contributed by atoms with E-state index in [2.05, 4.69) is 39.8 Å². The van der Waals surface area contributed by atoms with Crippen LogP contribution in [-0.4, -0.2) is 44.7 Å². The lowest BCUT2D eigenvalue weighted by Gasteiger charge is -2.29. The summed E-state index contributed by atoms with van der Waals surface area (Å²) in [6.07, 6.45) is -0.0374. The van der Waals surface area contributed by atoms with Crippen molar-refractivity contribution in [3.63, 3.8) is 0 Å². The fourth-order valence-corrected chi connectivity index (χ4v) is 3.58. The van der Waals surface area contributed by atoms with Gasteiger partial charge in [0, 0.05) is 31.9 Å².